The highest BCUT2D eigenvalue weighted by atomic mass is 16.5. The van der Waals surface area contributed by atoms with E-state index in [0.29, 0.717) is 35.2 Å². The van der Waals surface area contributed by atoms with Crippen LogP contribution in [0, 0.1) is 12.8 Å². The number of benzene rings is 3. The minimum absolute atomic E-state index is 0.0270. The Hall–Kier alpha value is -6.42. The molecule has 13 heteroatoms. The number of Topliss-reactive ketones (excluding diaryl/α,β-unsaturated/α-hetero) is 1. The van der Waals surface area contributed by atoms with Gasteiger partial charge in [-0.15, -0.1) is 12.8 Å². The zero-order valence-corrected chi connectivity index (χ0v) is 25.6. The van der Waals surface area contributed by atoms with Crippen molar-refractivity contribution in [2.24, 2.45) is 0 Å². The number of esters is 2. The van der Waals surface area contributed by atoms with Gasteiger partial charge in [0.05, 0.1) is 42.1 Å². The number of methoxy groups -OCH3 is 2. The highest BCUT2D eigenvalue weighted by molar-refractivity contribution is 6.45. The monoisotopic (exact) mass is 637 g/mol. The Bertz CT molecular complexity index is 1820. The summed E-state index contributed by atoms with van der Waals surface area (Å²) in [5.41, 5.74) is 1.59. The second-order valence-electron chi connectivity index (χ2n) is 10.1. The van der Waals surface area contributed by atoms with E-state index >= 15 is 0 Å². The Morgan fingerprint density at radius 2 is 1.32 bits per heavy atom. The smallest absolute Gasteiger partial charge is 0.337 e. The van der Waals surface area contributed by atoms with Gasteiger partial charge in [0, 0.05) is 49.0 Å². The van der Waals surface area contributed by atoms with E-state index in [9.17, 15) is 28.8 Å². The van der Waals surface area contributed by atoms with Crippen molar-refractivity contribution in [1.82, 2.24) is 14.8 Å². The quantitative estimate of drug-likeness (QED) is 0.119. The second kappa shape index (κ2) is 15.0. The number of para-hydroxylation sites is 1. The highest BCUT2D eigenvalue weighted by Crippen LogP contribution is 2.27. The Balaban J connectivity index is 0.00000245. The predicted octanol–water partition coefficient (Wildman–Crippen LogP) is 3.80. The summed E-state index contributed by atoms with van der Waals surface area (Å²) in [4.78, 5) is 82.3. The average molecular weight is 638 g/mol. The molecule has 3 N–H and O–H groups in total. The lowest BCUT2D eigenvalue weighted by molar-refractivity contribution is -0.127. The Labute approximate surface area is 269 Å². The first-order valence-corrected chi connectivity index (χ1v) is 14.2. The molecule has 0 saturated carbocycles. The standard InChI is InChI=1S/C32H29N5O8.C2H2/c1-44-30(41)20-15-21(31(42)45-2)17-22(16-20)34-32(43)35-25-10-6-9-23-24(18-33-26(23)25)27(38)29(40)37-13-11-36(12-14-37)28(39)19-7-4-3-5-8-19;1-2/h3-10,15-18,33H,11-14H2,1-2H3,(H2,34,35,43);1-2H. The number of carbonyl (C=O) groups is 6. The van der Waals surface area contributed by atoms with Crippen LogP contribution < -0.4 is 10.6 Å². The van der Waals surface area contributed by atoms with Gasteiger partial charge in [0.2, 0.25) is 0 Å². The zero-order chi connectivity index (χ0) is 34.1. The first-order valence-electron chi connectivity index (χ1n) is 14.2. The van der Waals surface area contributed by atoms with Crippen LogP contribution in [0.4, 0.5) is 16.2 Å². The van der Waals surface area contributed by atoms with Crippen LogP contribution in [0.25, 0.3) is 10.9 Å². The van der Waals surface area contributed by atoms with Crippen LogP contribution in [0.3, 0.4) is 0 Å². The number of ether oxygens (including phenoxy) is 2. The Kier molecular flexibility index (Phi) is 10.7. The fourth-order valence-electron chi connectivity index (χ4n) is 5.04. The van der Waals surface area contributed by atoms with Crippen LogP contribution in [0.2, 0.25) is 0 Å². The minimum atomic E-state index is -0.722. The summed E-state index contributed by atoms with van der Waals surface area (Å²) in [5.74, 6) is -2.97. The highest BCUT2D eigenvalue weighted by Gasteiger charge is 2.30. The molecule has 1 aromatic heterocycles. The van der Waals surface area contributed by atoms with Crippen molar-refractivity contribution in [2.45, 2.75) is 0 Å². The van der Waals surface area contributed by atoms with E-state index in [1.54, 1.807) is 47.4 Å². The SMILES string of the molecule is C#C.COC(=O)c1cc(NC(=O)Nc2cccc3c(C(=O)C(=O)N4CCN(C(=O)c5ccccc5)CC4)c[nH]c23)cc(C(=O)OC)c1. The summed E-state index contributed by atoms with van der Waals surface area (Å²) in [6.45, 7) is 1.03. The number of fused-ring (bicyclic) bond motifs is 1. The fraction of sp³-hybridized carbons (Fsp3) is 0.176. The molecule has 1 saturated heterocycles. The summed E-state index contributed by atoms with van der Waals surface area (Å²) in [6, 6.07) is 17.0. The van der Waals surface area contributed by atoms with E-state index in [0.717, 1.165) is 0 Å². The van der Waals surface area contributed by atoms with Gasteiger partial charge in [-0.1, -0.05) is 30.3 Å². The van der Waals surface area contributed by atoms with E-state index < -0.39 is 29.7 Å². The molecule has 3 aromatic carbocycles. The number of ketones is 1. The van der Waals surface area contributed by atoms with Gasteiger partial charge in [0.1, 0.15) is 0 Å². The van der Waals surface area contributed by atoms with Crippen LogP contribution in [-0.4, -0.2) is 90.7 Å². The molecular weight excluding hydrogens is 606 g/mol. The number of anilines is 2. The van der Waals surface area contributed by atoms with Gasteiger partial charge in [-0.25, -0.2) is 14.4 Å². The molecule has 0 atom stereocenters. The molecular formula is C34H31N5O8. The molecule has 1 aliphatic rings. The summed E-state index contributed by atoms with van der Waals surface area (Å²) in [5, 5.41) is 5.67. The van der Waals surface area contributed by atoms with Crippen molar-refractivity contribution in [3.05, 3.63) is 95.2 Å². The number of nitrogens with one attached hydrogen (secondary N) is 3. The van der Waals surface area contributed by atoms with Gasteiger partial charge in [0.25, 0.3) is 17.6 Å². The number of hydrogen-bond donors (Lipinski definition) is 3. The van der Waals surface area contributed by atoms with Crippen molar-refractivity contribution < 1.29 is 38.2 Å². The van der Waals surface area contributed by atoms with E-state index in [1.165, 1.54) is 43.5 Å². The van der Waals surface area contributed by atoms with Gasteiger partial charge >= 0.3 is 18.0 Å². The number of H-pyrrole nitrogens is 1. The number of aromatic amines is 1. The number of carbonyl (C=O) groups excluding carboxylic acids is 6. The van der Waals surface area contributed by atoms with Gasteiger partial charge < -0.3 is 34.9 Å². The van der Waals surface area contributed by atoms with Crippen LogP contribution in [-0.2, 0) is 14.3 Å². The molecule has 4 aromatic rings. The molecule has 0 unspecified atom stereocenters. The normalized spacial score (nSPS) is 12.3. The number of aromatic nitrogens is 1. The maximum absolute atomic E-state index is 13.3. The summed E-state index contributed by atoms with van der Waals surface area (Å²) < 4.78 is 9.45. The van der Waals surface area contributed by atoms with Crippen molar-refractivity contribution in [2.75, 3.05) is 51.0 Å². The maximum Gasteiger partial charge on any atom is 0.337 e. The molecule has 1 aliphatic heterocycles. The second-order valence-corrected chi connectivity index (χ2v) is 10.1. The summed E-state index contributed by atoms with van der Waals surface area (Å²) in [6.07, 6.45) is 9.41. The van der Waals surface area contributed by atoms with Crippen molar-refractivity contribution >= 4 is 57.8 Å². The van der Waals surface area contributed by atoms with Crippen molar-refractivity contribution in [3.8, 4) is 12.8 Å². The first kappa shape index (κ1) is 33.5. The van der Waals surface area contributed by atoms with Gasteiger partial charge in [0.15, 0.2) is 0 Å². The largest absolute Gasteiger partial charge is 0.465 e. The third kappa shape index (κ3) is 7.46. The van der Waals surface area contributed by atoms with Crippen LogP contribution in [0.5, 0.6) is 0 Å². The molecule has 4 amide bonds. The Morgan fingerprint density at radius 3 is 1.91 bits per heavy atom. The molecule has 240 valence electrons. The molecule has 1 fully saturated rings. The first-order chi connectivity index (χ1) is 22.7. The van der Waals surface area contributed by atoms with Gasteiger partial charge in [-0.3, -0.25) is 14.4 Å². The van der Waals surface area contributed by atoms with E-state index in [2.05, 4.69) is 28.5 Å². The third-order valence-corrected chi connectivity index (χ3v) is 7.31. The minimum Gasteiger partial charge on any atom is -0.465 e. The zero-order valence-electron chi connectivity index (χ0n) is 25.6. The van der Waals surface area contributed by atoms with Gasteiger partial charge in [-0.2, -0.15) is 0 Å². The number of amides is 4. The van der Waals surface area contributed by atoms with Crippen molar-refractivity contribution in [1.29, 1.82) is 0 Å². The number of hydrogen-bond acceptors (Lipinski definition) is 8. The lowest BCUT2D eigenvalue weighted by Crippen LogP contribution is -2.52. The van der Waals surface area contributed by atoms with E-state index in [4.69, 9.17) is 9.47 Å². The van der Waals surface area contributed by atoms with Crippen LogP contribution in [0.15, 0.2) is 72.9 Å². The number of urea groups is 1. The summed E-state index contributed by atoms with van der Waals surface area (Å²) in [7, 11) is 2.37. The molecule has 2 heterocycles. The fourth-order valence-corrected chi connectivity index (χ4v) is 5.04. The maximum atomic E-state index is 13.3. The lowest BCUT2D eigenvalue weighted by Gasteiger charge is -2.34. The molecule has 0 bridgehead atoms. The molecule has 13 nitrogen and oxygen atoms in total. The molecule has 0 aliphatic carbocycles. The molecule has 5 rings (SSSR count). The van der Waals surface area contributed by atoms with E-state index in [1.807, 2.05) is 6.07 Å². The van der Waals surface area contributed by atoms with Gasteiger partial charge in [-0.05, 0) is 36.4 Å². The van der Waals surface area contributed by atoms with E-state index in [-0.39, 0.29) is 41.4 Å². The average Bonchev–Trinajstić information content (AvgIpc) is 3.56. The van der Waals surface area contributed by atoms with Crippen molar-refractivity contribution in [3.63, 3.8) is 0 Å². The predicted molar refractivity (Wildman–Crippen MR) is 173 cm³/mol. The van der Waals surface area contributed by atoms with Crippen LogP contribution >= 0.6 is 0 Å². The number of rotatable bonds is 7. The lowest BCUT2D eigenvalue weighted by atomic mass is 10.1. The molecule has 0 spiro atoms. The number of nitrogens with zero attached hydrogens (tertiary/aromatic N) is 2. The summed E-state index contributed by atoms with van der Waals surface area (Å²) >= 11 is 0. The molecule has 0 radical (unpaired) electrons. The number of terminal acetylenes is 1. The third-order valence-electron chi connectivity index (χ3n) is 7.31. The Morgan fingerprint density at radius 1 is 0.723 bits per heavy atom. The number of piperazine rings is 1. The van der Waals surface area contributed by atoms with Crippen LogP contribution in [0.1, 0.15) is 41.4 Å². The topological polar surface area (TPSA) is 167 Å². The molecule has 47 heavy (non-hydrogen) atoms.